The zero-order valence-corrected chi connectivity index (χ0v) is 13.6. The van der Waals surface area contributed by atoms with Crippen molar-refractivity contribution in [2.75, 3.05) is 13.2 Å². The molecule has 1 N–H and O–H groups in total. The van der Waals surface area contributed by atoms with Crippen molar-refractivity contribution in [3.05, 3.63) is 77.0 Å². The Morgan fingerprint density at radius 2 is 1.79 bits per heavy atom. The van der Waals surface area contributed by atoms with Gasteiger partial charge in [-0.25, -0.2) is 4.99 Å². The van der Waals surface area contributed by atoms with Crippen LogP contribution in [0.4, 0.5) is 0 Å². The highest BCUT2D eigenvalue weighted by atomic mass is 16.3. The summed E-state index contributed by atoms with van der Waals surface area (Å²) in [6, 6.07) is 17.7. The lowest BCUT2D eigenvalue weighted by Crippen LogP contribution is -2.35. The summed E-state index contributed by atoms with van der Waals surface area (Å²) in [5, 5.41) is 9.27. The van der Waals surface area contributed by atoms with Crippen molar-refractivity contribution in [2.45, 2.75) is 13.3 Å². The molecule has 0 atom stereocenters. The van der Waals surface area contributed by atoms with E-state index in [-0.39, 0.29) is 19.1 Å². The van der Waals surface area contributed by atoms with Gasteiger partial charge in [0.15, 0.2) is 0 Å². The summed E-state index contributed by atoms with van der Waals surface area (Å²) in [6.45, 7) is 2.24. The molecule has 4 nitrogen and oxygen atoms in total. The number of benzene rings is 2. The molecule has 0 saturated heterocycles. The molecule has 0 spiro atoms. The third kappa shape index (κ3) is 3.29. The number of carbonyl (C=O) groups is 1. The number of aliphatic imine (C=N–C) groups is 1. The number of aliphatic hydroxyl groups excluding tert-OH is 1. The van der Waals surface area contributed by atoms with E-state index in [2.05, 4.69) is 24.0 Å². The zero-order chi connectivity index (χ0) is 16.9. The second-order valence-electron chi connectivity index (χ2n) is 5.61. The first-order valence-corrected chi connectivity index (χ1v) is 8.10. The zero-order valence-electron chi connectivity index (χ0n) is 13.6. The predicted octanol–water partition coefficient (Wildman–Crippen LogP) is 2.87. The third-order valence-corrected chi connectivity index (χ3v) is 3.99. The topological polar surface area (TPSA) is 52.9 Å². The fraction of sp³-hybridized carbons (Fsp3) is 0.200. The van der Waals surface area contributed by atoms with Gasteiger partial charge in [0.05, 0.1) is 13.2 Å². The van der Waals surface area contributed by atoms with Crippen molar-refractivity contribution in [3.63, 3.8) is 0 Å². The van der Waals surface area contributed by atoms with Crippen LogP contribution in [0.2, 0.25) is 0 Å². The highest BCUT2D eigenvalue weighted by Gasteiger charge is 2.30. The molecule has 2 aromatic carbocycles. The lowest BCUT2D eigenvalue weighted by atomic mass is 10.1. The summed E-state index contributed by atoms with van der Waals surface area (Å²) in [7, 11) is 0. The van der Waals surface area contributed by atoms with E-state index in [1.54, 1.807) is 6.08 Å². The molecule has 0 aromatic heterocycles. The fourth-order valence-electron chi connectivity index (χ4n) is 2.67. The molecule has 1 amide bonds. The van der Waals surface area contributed by atoms with Gasteiger partial charge in [0.2, 0.25) is 0 Å². The van der Waals surface area contributed by atoms with Crippen molar-refractivity contribution in [1.82, 2.24) is 4.90 Å². The number of aliphatic hydroxyl groups is 1. The summed E-state index contributed by atoms with van der Waals surface area (Å²) in [5.74, 6) is 0.411. The number of carbonyl (C=O) groups excluding carboxylic acids is 1. The maximum atomic E-state index is 12.6. The Bertz CT molecular complexity index is 777. The molecule has 4 heteroatoms. The number of rotatable bonds is 5. The van der Waals surface area contributed by atoms with E-state index in [0.29, 0.717) is 11.5 Å². The molecule has 3 rings (SSSR count). The Hall–Kier alpha value is -2.72. The van der Waals surface area contributed by atoms with Gasteiger partial charge in [0, 0.05) is 5.56 Å². The van der Waals surface area contributed by atoms with Gasteiger partial charge in [-0.2, -0.15) is 0 Å². The number of amidine groups is 1. The Kier molecular flexibility index (Phi) is 4.87. The first-order chi connectivity index (χ1) is 11.7. The molecule has 2 aromatic rings. The molecule has 0 aliphatic carbocycles. The maximum absolute atomic E-state index is 12.6. The SMILES string of the molecule is CCc1ccc(/C=C2/N=C(c3ccccc3)N(CCO)C2=O)cc1. The molecule has 1 heterocycles. The van der Waals surface area contributed by atoms with E-state index >= 15 is 0 Å². The van der Waals surface area contributed by atoms with Gasteiger partial charge in [0.25, 0.3) is 5.91 Å². The minimum atomic E-state index is -0.178. The molecule has 0 saturated carbocycles. The van der Waals surface area contributed by atoms with Gasteiger partial charge in [-0.1, -0.05) is 61.5 Å². The monoisotopic (exact) mass is 320 g/mol. The molecule has 1 aliphatic heterocycles. The Balaban J connectivity index is 1.96. The summed E-state index contributed by atoms with van der Waals surface area (Å²) in [5.41, 5.74) is 3.46. The number of amides is 1. The van der Waals surface area contributed by atoms with Crippen molar-refractivity contribution in [1.29, 1.82) is 0 Å². The third-order valence-electron chi connectivity index (χ3n) is 3.99. The summed E-state index contributed by atoms with van der Waals surface area (Å²) < 4.78 is 0. The highest BCUT2D eigenvalue weighted by molar-refractivity contribution is 6.19. The number of β-amino-alcohol motifs (C(OH)–C–C–N with tert-alkyl or cyclic N) is 1. The van der Waals surface area contributed by atoms with Gasteiger partial charge in [-0.15, -0.1) is 0 Å². The van der Waals surface area contributed by atoms with Crippen LogP contribution in [0, 0.1) is 0 Å². The first kappa shape index (κ1) is 16.1. The molecule has 122 valence electrons. The minimum Gasteiger partial charge on any atom is -0.395 e. The van der Waals surface area contributed by atoms with Crippen molar-refractivity contribution < 1.29 is 9.90 Å². The largest absolute Gasteiger partial charge is 0.395 e. The average molecular weight is 320 g/mol. The van der Waals surface area contributed by atoms with Crippen LogP contribution in [0.3, 0.4) is 0 Å². The van der Waals surface area contributed by atoms with Crippen molar-refractivity contribution >= 4 is 17.8 Å². The Morgan fingerprint density at radius 3 is 2.42 bits per heavy atom. The Morgan fingerprint density at radius 1 is 1.08 bits per heavy atom. The average Bonchev–Trinajstić information content (AvgIpc) is 2.93. The van der Waals surface area contributed by atoms with E-state index in [0.717, 1.165) is 17.5 Å². The van der Waals surface area contributed by atoms with Gasteiger partial charge in [-0.3, -0.25) is 9.69 Å². The lowest BCUT2D eigenvalue weighted by molar-refractivity contribution is -0.122. The molecule has 0 fully saturated rings. The summed E-state index contributed by atoms with van der Waals surface area (Å²) in [6.07, 6.45) is 2.78. The lowest BCUT2D eigenvalue weighted by Gasteiger charge is -2.16. The number of aryl methyl sites for hydroxylation is 1. The standard InChI is InChI=1S/C20H20N2O2/c1-2-15-8-10-16(11-9-15)14-18-20(24)22(12-13-23)19(21-18)17-6-4-3-5-7-17/h3-11,14,23H,2,12-13H2,1H3/b18-14+. The van der Waals surface area contributed by atoms with E-state index in [9.17, 15) is 9.90 Å². The molecular weight excluding hydrogens is 300 g/mol. The molecule has 24 heavy (non-hydrogen) atoms. The van der Waals surface area contributed by atoms with Gasteiger partial charge < -0.3 is 5.11 Å². The minimum absolute atomic E-state index is 0.101. The van der Waals surface area contributed by atoms with Crippen molar-refractivity contribution in [2.24, 2.45) is 4.99 Å². The van der Waals surface area contributed by atoms with Crippen LogP contribution in [-0.4, -0.2) is 34.9 Å². The van der Waals surface area contributed by atoms with E-state index in [1.165, 1.54) is 10.5 Å². The number of hydrogen-bond acceptors (Lipinski definition) is 3. The van der Waals surface area contributed by atoms with Gasteiger partial charge in [0.1, 0.15) is 11.5 Å². The van der Waals surface area contributed by atoms with Crippen LogP contribution in [-0.2, 0) is 11.2 Å². The summed E-state index contributed by atoms with van der Waals surface area (Å²) in [4.78, 5) is 18.7. The quantitative estimate of drug-likeness (QED) is 0.861. The fourth-order valence-corrected chi connectivity index (χ4v) is 2.67. The van der Waals surface area contributed by atoms with E-state index in [1.807, 2.05) is 42.5 Å². The number of nitrogens with zero attached hydrogens (tertiary/aromatic N) is 2. The van der Waals surface area contributed by atoms with Crippen LogP contribution in [0.5, 0.6) is 0 Å². The van der Waals surface area contributed by atoms with Crippen LogP contribution < -0.4 is 0 Å². The number of hydrogen-bond donors (Lipinski definition) is 1. The van der Waals surface area contributed by atoms with Crippen LogP contribution in [0.1, 0.15) is 23.6 Å². The smallest absolute Gasteiger partial charge is 0.278 e. The van der Waals surface area contributed by atoms with Crippen LogP contribution in [0.25, 0.3) is 6.08 Å². The molecule has 1 aliphatic rings. The van der Waals surface area contributed by atoms with E-state index in [4.69, 9.17) is 0 Å². The maximum Gasteiger partial charge on any atom is 0.278 e. The first-order valence-electron chi connectivity index (χ1n) is 8.10. The van der Waals surface area contributed by atoms with Crippen LogP contribution in [0.15, 0.2) is 65.3 Å². The Labute approximate surface area is 141 Å². The normalized spacial score (nSPS) is 15.9. The van der Waals surface area contributed by atoms with E-state index < -0.39 is 0 Å². The second kappa shape index (κ2) is 7.23. The molecule has 0 radical (unpaired) electrons. The molecular formula is C20H20N2O2. The highest BCUT2D eigenvalue weighted by Crippen LogP contribution is 2.22. The molecule has 0 unspecified atom stereocenters. The second-order valence-corrected chi connectivity index (χ2v) is 5.61. The molecule has 0 bridgehead atoms. The summed E-state index contributed by atoms with van der Waals surface area (Å²) >= 11 is 0. The predicted molar refractivity (Wildman–Crippen MR) is 95.6 cm³/mol. The van der Waals surface area contributed by atoms with Crippen molar-refractivity contribution in [3.8, 4) is 0 Å². The van der Waals surface area contributed by atoms with Crippen LogP contribution >= 0.6 is 0 Å². The van der Waals surface area contributed by atoms with Gasteiger partial charge >= 0.3 is 0 Å². The van der Waals surface area contributed by atoms with Gasteiger partial charge in [-0.05, 0) is 23.6 Å².